The maximum absolute atomic E-state index is 14.0. The molecule has 1 saturated heterocycles. The van der Waals surface area contributed by atoms with Gasteiger partial charge in [0.1, 0.15) is 6.04 Å². The van der Waals surface area contributed by atoms with Gasteiger partial charge in [0.2, 0.25) is 0 Å². The van der Waals surface area contributed by atoms with Crippen molar-refractivity contribution in [3.8, 4) is 0 Å². The van der Waals surface area contributed by atoms with E-state index in [9.17, 15) is 15.0 Å². The zero-order valence-corrected chi connectivity index (χ0v) is 32.0. The van der Waals surface area contributed by atoms with Crippen LogP contribution in [0.25, 0.3) is 0 Å². The van der Waals surface area contributed by atoms with E-state index in [0.29, 0.717) is 30.1 Å². The first kappa shape index (κ1) is 38.7. The molecule has 5 aromatic rings. The number of rotatable bonds is 10. The first-order chi connectivity index (χ1) is 25.7. The second-order valence-electron chi connectivity index (χ2n) is 15.1. The normalized spacial score (nSPS) is 18.5. The molecule has 7 nitrogen and oxygen atoms in total. The van der Waals surface area contributed by atoms with Crippen LogP contribution in [0.4, 0.5) is 11.4 Å². The van der Waals surface area contributed by atoms with Crippen LogP contribution in [-0.4, -0.2) is 47.7 Å². The third-order valence-electron chi connectivity index (χ3n) is 10.5. The summed E-state index contributed by atoms with van der Waals surface area (Å²) in [7, 11) is 0. The largest absolute Gasteiger partial charge is 2.00 e. The first-order valence-electron chi connectivity index (χ1n) is 18.6. The molecule has 0 unspecified atom stereocenters. The number of carboxylic acids is 1. The van der Waals surface area contributed by atoms with Gasteiger partial charge in [-0.25, -0.2) is 0 Å². The van der Waals surface area contributed by atoms with Crippen LogP contribution >= 0.6 is 0 Å². The quantitative estimate of drug-likeness (QED) is 0.0888. The second kappa shape index (κ2) is 17.0. The van der Waals surface area contributed by atoms with E-state index in [1.165, 1.54) is 5.56 Å². The smallest absolute Gasteiger partial charge is 0.861 e. The Morgan fingerprint density at radius 3 is 2.15 bits per heavy atom. The van der Waals surface area contributed by atoms with E-state index in [1.807, 2.05) is 91.0 Å². The monoisotopic (exact) mass is 760 g/mol. The van der Waals surface area contributed by atoms with Gasteiger partial charge < -0.3 is 19.9 Å². The number of hydrogen-bond acceptors (Lipinski definition) is 7. The van der Waals surface area contributed by atoms with Crippen molar-refractivity contribution >= 4 is 29.0 Å². The summed E-state index contributed by atoms with van der Waals surface area (Å²) in [4.78, 5) is 27.7. The molecule has 3 atom stereocenters. The van der Waals surface area contributed by atoms with Crippen LogP contribution in [-0.2, 0) is 39.7 Å². The second-order valence-corrected chi connectivity index (χ2v) is 15.1. The van der Waals surface area contributed by atoms with E-state index in [-0.39, 0.29) is 33.8 Å². The van der Waals surface area contributed by atoms with E-state index in [0.717, 1.165) is 53.7 Å². The molecule has 0 spiro atoms. The molecule has 278 valence electrons. The molecule has 0 aromatic heterocycles. The van der Waals surface area contributed by atoms with Crippen molar-refractivity contribution in [1.29, 1.82) is 0 Å². The van der Waals surface area contributed by atoms with Crippen LogP contribution in [0.15, 0.2) is 143 Å². The summed E-state index contributed by atoms with van der Waals surface area (Å²) in [6.45, 7) is 8.67. The number of para-hydroxylation sites is 1. The molecule has 0 radical (unpaired) electrons. The molecule has 54 heavy (non-hydrogen) atoms. The van der Waals surface area contributed by atoms with E-state index >= 15 is 0 Å². The van der Waals surface area contributed by atoms with E-state index in [4.69, 9.17) is 9.98 Å². The fourth-order valence-corrected chi connectivity index (χ4v) is 7.75. The van der Waals surface area contributed by atoms with Crippen molar-refractivity contribution in [1.82, 2.24) is 4.90 Å². The van der Waals surface area contributed by atoms with Gasteiger partial charge in [0.25, 0.3) is 0 Å². The molecule has 2 aliphatic heterocycles. The van der Waals surface area contributed by atoms with Gasteiger partial charge in [-0.3, -0.25) is 14.9 Å². The first-order valence-corrected chi connectivity index (χ1v) is 18.6. The summed E-state index contributed by atoms with van der Waals surface area (Å²) >= 11 is 0. The fourth-order valence-electron chi connectivity index (χ4n) is 7.75. The molecule has 0 aliphatic carbocycles. The standard InChI is InChI=1S/C46H48N4O3.Ni/c1-46(2,3)35-24-26-36(27-25-35)50-30-28-33-17-10-11-20-37(33)43(50)42(45(52)53)48-41(34-18-8-5-9-19-34)38-21-12-13-22-39(38)47-44(51)40-23-14-29-49(40)31-32-15-6-4-7-16-32;/h4-13,15-22,24-27,40,42-43H,14,23,28-31H2,1-3H3,(H,47,51)(H,52,53);/q;+2/p-2/t40-,42-,43-;/m0./s1. The Hall–Kier alpha value is -5.04. The number of carboxylic acid groups (broad SMARTS) is 1. The molecule has 0 saturated carbocycles. The van der Waals surface area contributed by atoms with Crippen LogP contribution in [0.2, 0.25) is 0 Å². The topological polar surface area (TPSA) is 94.4 Å². The SMILES string of the molecule is CC(C)(C)c1ccc(N2CCc3ccccc3[C@H]2[C@H](N=C(c2ccccc2)c2ccccc2N=C([O-])[C@@H]2CCCN2Cc2ccccc2)C(=O)[O-])cc1.[Ni+2]. The minimum atomic E-state index is -1.28. The summed E-state index contributed by atoms with van der Waals surface area (Å²) in [6, 6.07) is 41.3. The number of anilines is 1. The Morgan fingerprint density at radius 1 is 0.796 bits per heavy atom. The van der Waals surface area contributed by atoms with Crippen molar-refractivity contribution < 1.29 is 31.5 Å². The zero-order chi connectivity index (χ0) is 37.0. The summed E-state index contributed by atoms with van der Waals surface area (Å²) in [5.74, 6) is -1.48. The maximum atomic E-state index is 14.0. The Morgan fingerprint density at radius 2 is 1.44 bits per heavy atom. The molecule has 1 fully saturated rings. The maximum Gasteiger partial charge on any atom is 2.00 e. The third-order valence-corrected chi connectivity index (χ3v) is 10.5. The van der Waals surface area contributed by atoms with Gasteiger partial charge in [-0.05, 0) is 77.6 Å². The number of fused-ring (bicyclic) bond motifs is 1. The third kappa shape index (κ3) is 8.51. The number of carbonyl (C=O) groups excluding carboxylic acids is 1. The number of nitrogens with zero attached hydrogens (tertiary/aromatic N) is 4. The predicted octanol–water partition coefficient (Wildman–Crippen LogP) is 6.80. The number of likely N-dealkylation sites (tertiary alicyclic amines) is 1. The Balaban J connectivity index is 0.00000497. The zero-order valence-electron chi connectivity index (χ0n) is 31.0. The predicted molar refractivity (Wildman–Crippen MR) is 210 cm³/mol. The molecule has 0 N–H and O–H groups in total. The van der Waals surface area contributed by atoms with Crippen molar-refractivity contribution in [3.63, 3.8) is 0 Å². The van der Waals surface area contributed by atoms with Crippen LogP contribution in [0.1, 0.15) is 73.0 Å². The van der Waals surface area contributed by atoms with E-state index < -0.39 is 18.1 Å². The Kier molecular flexibility index (Phi) is 12.2. The molecule has 5 aromatic carbocycles. The van der Waals surface area contributed by atoms with Crippen molar-refractivity contribution in [2.24, 2.45) is 9.98 Å². The average Bonchev–Trinajstić information content (AvgIpc) is 3.64. The van der Waals surface area contributed by atoms with Gasteiger partial charge >= 0.3 is 16.5 Å². The minimum Gasteiger partial charge on any atom is -0.861 e. The number of hydrogen-bond donors (Lipinski definition) is 0. The Bertz CT molecular complexity index is 2090. The molecule has 0 amide bonds. The van der Waals surface area contributed by atoms with Gasteiger partial charge in [0.05, 0.1) is 23.4 Å². The van der Waals surface area contributed by atoms with Crippen LogP contribution in [0, 0.1) is 0 Å². The van der Waals surface area contributed by atoms with E-state index in [1.54, 1.807) is 0 Å². The summed E-state index contributed by atoms with van der Waals surface area (Å²) in [6.07, 6.45) is 2.43. The molecule has 2 aliphatic rings. The molecular formula is C46H46N4NiO3. The molecule has 8 heteroatoms. The van der Waals surface area contributed by atoms with E-state index in [2.05, 4.69) is 73.0 Å². The average molecular weight is 762 g/mol. The fraction of sp³-hybridized carbons (Fsp3) is 0.283. The van der Waals surface area contributed by atoms with Crippen molar-refractivity contribution in [2.75, 3.05) is 18.0 Å². The van der Waals surface area contributed by atoms with Gasteiger partial charge in [-0.1, -0.05) is 136 Å². The number of aliphatic imine (C=N–C) groups is 2. The molecule has 0 bridgehead atoms. The van der Waals surface area contributed by atoms with Crippen molar-refractivity contribution in [3.05, 3.63) is 167 Å². The van der Waals surface area contributed by atoms with Gasteiger partial charge in [0.15, 0.2) is 0 Å². The molecule has 2 heterocycles. The minimum absolute atomic E-state index is 0. The summed E-state index contributed by atoms with van der Waals surface area (Å²) in [5.41, 5.74) is 7.51. The molecule has 7 rings (SSSR count). The van der Waals surface area contributed by atoms with Crippen LogP contribution in [0.3, 0.4) is 0 Å². The van der Waals surface area contributed by atoms with Crippen LogP contribution < -0.4 is 15.1 Å². The number of carbonyl (C=O) groups is 1. The Labute approximate surface area is 329 Å². The van der Waals surface area contributed by atoms with Gasteiger partial charge in [0, 0.05) is 35.9 Å². The summed E-state index contributed by atoms with van der Waals surface area (Å²) < 4.78 is 0. The van der Waals surface area contributed by atoms with Crippen LogP contribution in [0.5, 0.6) is 0 Å². The molecular weight excluding hydrogens is 715 g/mol. The summed E-state index contributed by atoms with van der Waals surface area (Å²) in [5, 5.41) is 27.4. The van der Waals surface area contributed by atoms with Gasteiger partial charge in [-0.2, -0.15) is 0 Å². The van der Waals surface area contributed by atoms with Gasteiger partial charge in [-0.15, -0.1) is 0 Å². The number of aliphatic carboxylic acids is 1. The van der Waals surface area contributed by atoms with Crippen molar-refractivity contribution in [2.45, 2.75) is 70.1 Å². The number of benzene rings is 5.